The molecule has 1 atom stereocenters. The molecule has 0 radical (unpaired) electrons. The summed E-state index contributed by atoms with van der Waals surface area (Å²) in [5, 5.41) is 15.5. The molecular formula is C15H15N3O2. The molecule has 0 saturated heterocycles. The van der Waals surface area contributed by atoms with E-state index in [1.54, 1.807) is 13.0 Å². The lowest BCUT2D eigenvalue weighted by Gasteiger charge is -2.12. The molecule has 102 valence electrons. The van der Waals surface area contributed by atoms with Crippen molar-refractivity contribution in [1.82, 2.24) is 4.98 Å². The highest BCUT2D eigenvalue weighted by Crippen LogP contribution is 2.26. The molecule has 0 aliphatic carbocycles. The van der Waals surface area contributed by atoms with Gasteiger partial charge in [-0.15, -0.1) is 0 Å². The first-order valence-electron chi connectivity index (χ1n) is 6.45. The van der Waals surface area contributed by atoms with Crippen LogP contribution in [-0.4, -0.2) is 22.0 Å². The molecule has 0 spiro atoms. The number of carbonyl (C=O) groups is 1. The summed E-state index contributed by atoms with van der Waals surface area (Å²) in [5.74, 6) is -0.0261. The standard InChI is InChI=1S/C15H15N3O2/c1-9-6-7-13(19)14(16-9)18-15(20)12-8-10-4-2-3-5-11(10)17-12/h2-7,12,17,19H,8H2,1H3,(H,16,18,20)/t12-/m0/s1. The number of amides is 1. The molecule has 3 rings (SSSR count). The Labute approximate surface area is 116 Å². The zero-order valence-corrected chi connectivity index (χ0v) is 11.1. The van der Waals surface area contributed by atoms with Gasteiger partial charge in [0, 0.05) is 17.8 Å². The lowest BCUT2D eigenvalue weighted by atomic mass is 10.1. The summed E-state index contributed by atoms with van der Waals surface area (Å²) in [7, 11) is 0. The first kappa shape index (κ1) is 12.5. The molecular weight excluding hydrogens is 254 g/mol. The van der Waals surface area contributed by atoms with E-state index in [1.807, 2.05) is 24.3 Å². The Morgan fingerprint density at radius 1 is 1.35 bits per heavy atom. The van der Waals surface area contributed by atoms with Crippen LogP contribution in [-0.2, 0) is 11.2 Å². The highest BCUT2D eigenvalue weighted by Gasteiger charge is 2.27. The van der Waals surface area contributed by atoms with Crippen molar-refractivity contribution >= 4 is 17.4 Å². The Hall–Kier alpha value is -2.56. The number of anilines is 2. The number of rotatable bonds is 2. The predicted octanol–water partition coefficient (Wildman–Crippen LogP) is 2.07. The fourth-order valence-corrected chi connectivity index (χ4v) is 2.30. The van der Waals surface area contributed by atoms with Gasteiger partial charge in [-0.3, -0.25) is 4.79 Å². The molecule has 0 bridgehead atoms. The van der Waals surface area contributed by atoms with Crippen LogP contribution in [0.2, 0.25) is 0 Å². The summed E-state index contributed by atoms with van der Waals surface area (Å²) in [5.41, 5.74) is 2.84. The molecule has 1 aromatic carbocycles. The van der Waals surface area contributed by atoms with Crippen molar-refractivity contribution in [1.29, 1.82) is 0 Å². The quantitative estimate of drug-likeness (QED) is 0.780. The van der Waals surface area contributed by atoms with Crippen LogP contribution in [0.25, 0.3) is 0 Å². The summed E-state index contributed by atoms with van der Waals surface area (Å²) in [6, 6.07) is 10.7. The molecule has 2 heterocycles. The fourth-order valence-electron chi connectivity index (χ4n) is 2.30. The third-order valence-corrected chi connectivity index (χ3v) is 3.34. The van der Waals surface area contributed by atoms with Gasteiger partial charge in [-0.1, -0.05) is 18.2 Å². The van der Waals surface area contributed by atoms with Gasteiger partial charge in [0.25, 0.3) is 0 Å². The average Bonchev–Trinajstić information content (AvgIpc) is 2.87. The third kappa shape index (κ3) is 2.30. The van der Waals surface area contributed by atoms with Gasteiger partial charge in [-0.05, 0) is 30.7 Å². The summed E-state index contributed by atoms with van der Waals surface area (Å²) < 4.78 is 0. The second-order valence-electron chi connectivity index (χ2n) is 4.87. The van der Waals surface area contributed by atoms with Crippen LogP contribution < -0.4 is 10.6 Å². The summed E-state index contributed by atoms with van der Waals surface area (Å²) in [6.45, 7) is 1.80. The molecule has 0 saturated carbocycles. The number of benzene rings is 1. The second kappa shape index (κ2) is 4.85. The van der Waals surface area contributed by atoms with Crippen molar-refractivity contribution < 1.29 is 9.90 Å². The second-order valence-corrected chi connectivity index (χ2v) is 4.87. The molecule has 1 amide bonds. The number of fused-ring (bicyclic) bond motifs is 1. The van der Waals surface area contributed by atoms with Gasteiger partial charge in [-0.2, -0.15) is 0 Å². The SMILES string of the molecule is Cc1ccc(O)c(NC(=O)[C@@H]2Cc3ccccc3N2)n1. The van der Waals surface area contributed by atoms with Crippen LogP contribution in [0.4, 0.5) is 11.5 Å². The topological polar surface area (TPSA) is 74.2 Å². The lowest BCUT2D eigenvalue weighted by molar-refractivity contribution is -0.116. The van der Waals surface area contributed by atoms with Gasteiger partial charge >= 0.3 is 0 Å². The van der Waals surface area contributed by atoms with E-state index in [-0.39, 0.29) is 23.5 Å². The van der Waals surface area contributed by atoms with E-state index in [0.717, 1.165) is 16.9 Å². The van der Waals surface area contributed by atoms with E-state index >= 15 is 0 Å². The Morgan fingerprint density at radius 3 is 2.95 bits per heavy atom. The Bertz CT molecular complexity index is 645. The van der Waals surface area contributed by atoms with Crippen molar-refractivity contribution in [3.63, 3.8) is 0 Å². The smallest absolute Gasteiger partial charge is 0.248 e. The van der Waals surface area contributed by atoms with Crippen LogP contribution in [0.1, 0.15) is 11.3 Å². The highest BCUT2D eigenvalue weighted by atomic mass is 16.3. The molecule has 0 unspecified atom stereocenters. The first-order chi connectivity index (χ1) is 9.63. The third-order valence-electron chi connectivity index (χ3n) is 3.34. The minimum atomic E-state index is -0.339. The van der Waals surface area contributed by atoms with Crippen molar-refractivity contribution in [2.45, 2.75) is 19.4 Å². The Kier molecular flexibility index (Phi) is 3.02. The number of aromatic hydroxyl groups is 1. The van der Waals surface area contributed by atoms with Crippen LogP contribution >= 0.6 is 0 Å². The summed E-state index contributed by atoms with van der Waals surface area (Å²) >= 11 is 0. The van der Waals surface area contributed by atoms with E-state index < -0.39 is 0 Å². The van der Waals surface area contributed by atoms with Crippen LogP contribution in [0.15, 0.2) is 36.4 Å². The van der Waals surface area contributed by atoms with E-state index in [4.69, 9.17) is 0 Å². The lowest BCUT2D eigenvalue weighted by Crippen LogP contribution is -2.33. The minimum Gasteiger partial charge on any atom is -0.504 e. The zero-order valence-electron chi connectivity index (χ0n) is 11.1. The molecule has 20 heavy (non-hydrogen) atoms. The highest BCUT2D eigenvalue weighted by molar-refractivity contribution is 5.98. The van der Waals surface area contributed by atoms with Crippen LogP contribution in [0.3, 0.4) is 0 Å². The average molecular weight is 269 g/mol. The van der Waals surface area contributed by atoms with Gasteiger partial charge in [-0.25, -0.2) is 4.98 Å². The van der Waals surface area contributed by atoms with Gasteiger partial charge < -0.3 is 15.7 Å². The molecule has 0 fully saturated rings. The maximum absolute atomic E-state index is 12.2. The Balaban J connectivity index is 1.74. The largest absolute Gasteiger partial charge is 0.504 e. The number of carbonyl (C=O) groups excluding carboxylic acids is 1. The maximum atomic E-state index is 12.2. The molecule has 1 aromatic heterocycles. The molecule has 5 heteroatoms. The van der Waals surface area contributed by atoms with Crippen LogP contribution in [0, 0.1) is 6.92 Å². The zero-order chi connectivity index (χ0) is 14.1. The molecule has 5 nitrogen and oxygen atoms in total. The number of nitrogens with one attached hydrogen (secondary N) is 2. The normalized spacial score (nSPS) is 16.4. The van der Waals surface area contributed by atoms with Gasteiger partial charge in [0.05, 0.1) is 0 Å². The van der Waals surface area contributed by atoms with Crippen molar-refractivity contribution in [2.75, 3.05) is 10.6 Å². The number of para-hydroxylation sites is 1. The monoisotopic (exact) mass is 269 g/mol. The van der Waals surface area contributed by atoms with E-state index in [2.05, 4.69) is 15.6 Å². The van der Waals surface area contributed by atoms with Gasteiger partial charge in [0.1, 0.15) is 6.04 Å². The maximum Gasteiger partial charge on any atom is 0.248 e. The number of aromatic nitrogens is 1. The summed E-state index contributed by atoms with van der Waals surface area (Å²) in [4.78, 5) is 16.3. The number of aryl methyl sites for hydroxylation is 1. The van der Waals surface area contributed by atoms with E-state index in [9.17, 15) is 9.90 Å². The molecule has 1 aliphatic rings. The van der Waals surface area contributed by atoms with Crippen molar-refractivity contribution in [3.05, 3.63) is 47.7 Å². The van der Waals surface area contributed by atoms with E-state index in [0.29, 0.717) is 6.42 Å². The first-order valence-corrected chi connectivity index (χ1v) is 6.45. The molecule has 2 aromatic rings. The van der Waals surface area contributed by atoms with Crippen LogP contribution in [0.5, 0.6) is 5.75 Å². The van der Waals surface area contributed by atoms with Gasteiger partial charge in [0.15, 0.2) is 11.6 Å². The molecule has 1 aliphatic heterocycles. The Morgan fingerprint density at radius 2 is 2.15 bits per heavy atom. The van der Waals surface area contributed by atoms with Gasteiger partial charge in [0.2, 0.25) is 5.91 Å². The van der Waals surface area contributed by atoms with E-state index in [1.165, 1.54) is 6.07 Å². The van der Waals surface area contributed by atoms with Crippen molar-refractivity contribution in [3.8, 4) is 5.75 Å². The number of hydrogen-bond acceptors (Lipinski definition) is 4. The minimum absolute atomic E-state index is 0.0283. The summed E-state index contributed by atoms with van der Waals surface area (Å²) in [6.07, 6.45) is 0.634. The molecule has 3 N–H and O–H groups in total. The number of pyridine rings is 1. The number of hydrogen-bond donors (Lipinski definition) is 3. The van der Waals surface area contributed by atoms with Crippen molar-refractivity contribution in [2.24, 2.45) is 0 Å². The fraction of sp³-hybridized carbons (Fsp3) is 0.200. The predicted molar refractivity (Wildman–Crippen MR) is 76.8 cm³/mol. The number of nitrogens with zero attached hydrogens (tertiary/aromatic N) is 1.